The molecule has 0 atom stereocenters. The standard InChI is InChI=1S/C23H19N3O4S/c1-13-8-9-14(2)18(10-13)21(28)16-6-4-5-7-17(16)22(29)30-12-19-25-26-20(27)11-15(3)24-23(26)31-19/h4-11H,12H2,1-3H3. The lowest BCUT2D eigenvalue weighted by molar-refractivity contribution is 0.0469. The van der Waals surface area contributed by atoms with Crippen molar-refractivity contribution >= 4 is 28.1 Å². The van der Waals surface area contributed by atoms with Crippen LogP contribution in [-0.4, -0.2) is 26.4 Å². The summed E-state index contributed by atoms with van der Waals surface area (Å²) in [5.74, 6) is -0.870. The largest absolute Gasteiger partial charge is 0.455 e. The summed E-state index contributed by atoms with van der Waals surface area (Å²) in [6.45, 7) is 5.37. The summed E-state index contributed by atoms with van der Waals surface area (Å²) in [5.41, 5.74) is 3.11. The molecule has 0 aliphatic carbocycles. The van der Waals surface area contributed by atoms with Crippen LogP contribution in [0, 0.1) is 20.8 Å². The van der Waals surface area contributed by atoms with Crippen LogP contribution in [0.5, 0.6) is 0 Å². The van der Waals surface area contributed by atoms with E-state index in [1.807, 2.05) is 32.0 Å². The van der Waals surface area contributed by atoms with Gasteiger partial charge >= 0.3 is 5.97 Å². The Labute approximate surface area is 182 Å². The second kappa shape index (κ2) is 8.23. The lowest BCUT2D eigenvalue weighted by atomic mass is 9.94. The maximum atomic E-state index is 13.1. The first kappa shape index (κ1) is 20.6. The van der Waals surface area contributed by atoms with E-state index in [0.29, 0.717) is 21.2 Å². The molecule has 0 saturated heterocycles. The summed E-state index contributed by atoms with van der Waals surface area (Å²) in [5, 5.41) is 4.59. The van der Waals surface area contributed by atoms with Crippen LogP contribution < -0.4 is 5.56 Å². The van der Waals surface area contributed by atoms with Gasteiger partial charge in [-0.1, -0.05) is 47.2 Å². The first-order valence-electron chi connectivity index (χ1n) is 9.58. The molecule has 0 amide bonds. The number of fused-ring (bicyclic) bond motifs is 1. The van der Waals surface area contributed by atoms with Gasteiger partial charge in [0.15, 0.2) is 10.8 Å². The Morgan fingerprint density at radius 2 is 1.74 bits per heavy atom. The molecule has 4 rings (SSSR count). The number of ketones is 1. The van der Waals surface area contributed by atoms with Crippen LogP contribution in [0.3, 0.4) is 0 Å². The number of ether oxygens (including phenoxy) is 1. The number of aromatic nitrogens is 3. The third kappa shape index (κ3) is 4.15. The maximum Gasteiger partial charge on any atom is 0.339 e. The van der Waals surface area contributed by atoms with Gasteiger partial charge in [-0.25, -0.2) is 9.78 Å². The Hall–Kier alpha value is -3.65. The van der Waals surface area contributed by atoms with Crippen LogP contribution in [0.1, 0.15) is 48.1 Å². The van der Waals surface area contributed by atoms with Crippen molar-refractivity contribution in [3.8, 4) is 0 Å². The molecule has 2 aromatic carbocycles. The number of carbonyl (C=O) groups is 2. The van der Waals surface area contributed by atoms with Crippen molar-refractivity contribution in [3.05, 3.63) is 97.4 Å². The van der Waals surface area contributed by atoms with E-state index in [1.54, 1.807) is 31.2 Å². The third-order valence-electron chi connectivity index (χ3n) is 4.77. The van der Waals surface area contributed by atoms with Crippen LogP contribution in [0.25, 0.3) is 4.96 Å². The lowest BCUT2D eigenvalue weighted by Gasteiger charge is -2.10. The van der Waals surface area contributed by atoms with Crippen molar-refractivity contribution in [1.29, 1.82) is 0 Å². The first-order chi connectivity index (χ1) is 14.8. The maximum absolute atomic E-state index is 13.1. The highest BCUT2D eigenvalue weighted by atomic mass is 32.1. The van der Waals surface area contributed by atoms with Gasteiger partial charge in [0.1, 0.15) is 6.61 Å². The Morgan fingerprint density at radius 1 is 1.00 bits per heavy atom. The average Bonchev–Trinajstić information content (AvgIpc) is 3.16. The van der Waals surface area contributed by atoms with Gasteiger partial charge < -0.3 is 4.74 Å². The number of rotatable bonds is 5. The van der Waals surface area contributed by atoms with Crippen molar-refractivity contribution in [2.45, 2.75) is 27.4 Å². The molecule has 0 saturated carbocycles. The van der Waals surface area contributed by atoms with E-state index in [2.05, 4.69) is 10.1 Å². The fourth-order valence-corrected chi connectivity index (χ4v) is 4.07. The topological polar surface area (TPSA) is 90.6 Å². The molecule has 156 valence electrons. The molecule has 2 heterocycles. The van der Waals surface area contributed by atoms with Gasteiger partial charge in [-0.3, -0.25) is 9.59 Å². The van der Waals surface area contributed by atoms with Gasteiger partial charge in [-0.15, -0.1) is 0 Å². The molecule has 0 N–H and O–H groups in total. The Bertz CT molecular complexity index is 1390. The van der Waals surface area contributed by atoms with Crippen molar-refractivity contribution in [2.24, 2.45) is 0 Å². The quantitative estimate of drug-likeness (QED) is 0.352. The number of carbonyl (C=O) groups excluding carboxylic acids is 2. The molecule has 4 aromatic rings. The second-order valence-corrected chi connectivity index (χ2v) is 8.24. The molecule has 0 aliphatic heterocycles. The summed E-state index contributed by atoms with van der Waals surface area (Å²) < 4.78 is 6.59. The van der Waals surface area contributed by atoms with E-state index >= 15 is 0 Å². The van der Waals surface area contributed by atoms with Crippen LogP contribution in [0.15, 0.2) is 53.3 Å². The normalized spacial score (nSPS) is 10.9. The van der Waals surface area contributed by atoms with Gasteiger partial charge in [0.25, 0.3) is 5.56 Å². The molecular formula is C23H19N3O4S. The minimum absolute atomic E-state index is 0.128. The molecule has 7 nitrogen and oxygen atoms in total. The fourth-order valence-electron chi connectivity index (χ4n) is 3.21. The van der Waals surface area contributed by atoms with Gasteiger partial charge in [0.05, 0.1) is 5.56 Å². The molecule has 2 aromatic heterocycles. The van der Waals surface area contributed by atoms with Crippen LogP contribution in [-0.2, 0) is 11.3 Å². The van der Waals surface area contributed by atoms with Crippen molar-refractivity contribution in [3.63, 3.8) is 0 Å². The predicted molar refractivity (Wildman–Crippen MR) is 117 cm³/mol. The summed E-state index contributed by atoms with van der Waals surface area (Å²) in [6, 6.07) is 13.6. The molecule has 0 spiro atoms. The Kier molecular flexibility index (Phi) is 5.48. The number of esters is 1. The van der Waals surface area contributed by atoms with Crippen molar-refractivity contribution in [2.75, 3.05) is 0 Å². The molecular weight excluding hydrogens is 414 g/mol. The number of hydrogen-bond donors (Lipinski definition) is 0. The zero-order valence-electron chi connectivity index (χ0n) is 17.2. The van der Waals surface area contributed by atoms with Gasteiger partial charge in [0, 0.05) is 22.9 Å². The van der Waals surface area contributed by atoms with Crippen LogP contribution >= 0.6 is 11.3 Å². The summed E-state index contributed by atoms with van der Waals surface area (Å²) in [6.07, 6.45) is 0. The average molecular weight is 433 g/mol. The van der Waals surface area contributed by atoms with Gasteiger partial charge in [0.2, 0.25) is 4.96 Å². The van der Waals surface area contributed by atoms with Gasteiger partial charge in [-0.2, -0.15) is 9.61 Å². The highest BCUT2D eigenvalue weighted by molar-refractivity contribution is 7.16. The zero-order valence-corrected chi connectivity index (χ0v) is 18.0. The first-order valence-corrected chi connectivity index (χ1v) is 10.4. The van der Waals surface area contributed by atoms with Crippen molar-refractivity contribution < 1.29 is 14.3 Å². The number of aryl methyl sites for hydroxylation is 3. The highest BCUT2D eigenvalue weighted by Crippen LogP contribution is 2.20. The summed E-state index contributed by atoms with van der Waals surface area (Å²) in [7, 11) is 0. The van der Waals surface area contributed by atoms with E-state index in [0.717, 1.165) is 11.1 Å². The third-order valence-corrected chi connectivity index (χ3v) is 5.65. The van der Waals surface area contributed by atoms with E-state index in [4.69, 9.17) is 4.74 Å². The van der Waals surface area contributed by atoms with E-state index in [-0.39, 0.29) is 29.1 Å². The summed E-state index contributed by atoms with van der Waals surface area (Å²) >= 11 is 1.17. The second-order valence-electron chi connectivity index (χ2n) is 7.20. The van der Waals surface area contributed by atoms with Crippen LogP contribution in [0.2, 0.25) is 0 Å². The number of hydrogen-bond acceptors (Lipinski definition) is 7. The monoisotopic (exact) mass is 433 g/mol. The predicted octanol–water partition coefficient (Wildman–Crippen LogP) is 3.66. The molecule has 8 heteroatoms. The highest BCUT2D eigenvalue weighted by Gasteiger charge is 2.21. The zero-order chi connectivity index (χ0) is 22.1. The summed E-state index contributed by atoms with van der Waals surface area (Å²) in [4.78, 5) is 42.6. The fraction of sp³-hybridized carbons (Fsp3) is 0.174. The van der Waals surface area contributed by atoms with E-state index in [9.17, 15) is 14.4 Å². The molecule has 31 heavy (non-hydrogen) atoms. The molecule has 0 aliphatic rings. The minimum atomic E-state index is -0.634. The number of benzene rings is 2. The minimum Gasteiger partial charge on any atom is -0.455 e. The van der Waals surface area contributed by atoms with Gasteiger partial charge in [-0.05, 0) is 38.5 Å². The molecule has 0 unspecified atom stereocenters. The molecule has 0 radical (unpaired) electrons. The smallest absolute Gasteiger partial charge is 0.339 e. The van der Waals surface area contributed by atoms with E-state index in [1.165, 1.54) is 21.9 Å². The SMILES string of the molecule is Cc1ccc(C)c(C(=O)c2ccccc2C(=O)OCc2nn3c(=O)cc(C)nc3s2)c1. The van der Waals surface area contributed by atoms with Crippen molar-refractivity contribution in [1.82, 2.24) is 14.6 Å². The molecule has 0 fully saturated rings. The van der Waals surface area contributed by atoms with E-state index < -0.39 is 5.97 Å². The Morgan fingerprint density at radius 3 is 2.52 bits per heavy atom. The number of nitrogens with zero attached hydrogens (tertiary/aromatic N) is 3. The van der Waals surface area contributed by atoms with Crippen LogP contribution in [0.4, 0.5) is 0 Å². The molecule has 0 bridgehead atoms. The Balaban J connectivity index is 1.59. The lowest BCUT2D eigenvalue weighted by Crippen LogP contribution is -2.15.